The third kappa shape index (κ3) is 5.29. The molecular formula is C33H29BrN2O6S. The van der Waals surface area contributed by atoms with Gasteiger partial charge < -0.3 is 18.9 Å². The van der Waals surface area contributed by atoms with Crippen LogP contribution in [0, 0.1) is 0 Å². The zero-order valence-electron chi connectivity index (χ0n) is 24.1. The van der Waals surface area contributed by atoms with Gasteiger partial charge in [-0.3, -0.25) is 14.2 Å². The first-order valence-corrected chi connectivity index (χ1v) is 15.4. The van der Waals surface area contributed by atoms with Gasteiger partial charge in [0.1, 0.15) is 0 Å². The predicted octanol–water partition coefficient (Wildman–Crippen LogP) is 5.42. The molecule has 1 aromatic heterocycles. The summed E-state index contributed by atoms with van der Waals surface area (Å²) in [5, 5.41) is 0. The Balaban J connectivity index is 1.57. The number of benzene rings is 3. The van der Waals surface area contributed by atoms with E-state index in [1.54, 1.807) is 30.9 Å². The van der Waals surface area contributed by atoms with Gasteiger partial charge in [0, 0.05) is 12.5 Å². The van der Waals surface area contributed by atoms with Crippen LogP contribution in [0.2, 0.25) is 0 Å². The quantitative estimate of drug-likeness (QED) is 0.194. The molecule has 0 saturated heterocycles. The summed E-state index contributed by atoms with van der Waals surface area (Å²) in [6, 6.07) is 17.3. The summed E-state index contributed by atoms with van der Waals surface area (Å²) >= 11 is 4.84. The van der Waals surface area contributed by atoms with Crippen molar-refractivity contribution in [1.29, 1.82) is 0 Å². The minimum atomic E-state index is -0.455. The monoisotopic (exact) mass is 660 g/mol. The van der Waals surface area contributed by atoms with Crippen LogP contribution in [0.15, 0.2) is 74.4 Å². The van der Waals surface area contributed by atoms with E-state index < -0.39 is 5.97 Å². The molecular weight excluding hydrogens is 632 g/mol. The summed E-state index contributed by atoms with van der Waals surface area (Å²) < 4.78 is 25.1. The van der Waals surface area contributed by atoms with Crippen LogP contribution in [0.3, 0.4) is 0 Å². The van der Waals surface area contributed by atoms with Crippen LogP contribution in [0.5, 0.6) is 23.0 Å². The van der Waals surface area contributed by atoms with E-state index in [-0.39, 0.29) is 11.6 Å². The zero-order chi connectivity index (χ0) is 30.2. The number of carbonyl (C=O) groups is 1. The molecule has 0 bridgehead atoms. The number of thiazole rings is 1. The second-order valence-electron chi connectivity index (χ2n) is 10.1. The molecule has 3 aromatic carbocycles. The molecule has 10 heteroatoms. The van der Waals surface area contributed by atoms with Gasteiger partial charge in [-0.25, -0.2) is 4.99 Å². The Morgan fingerprint density at radius 2 is 1.86 bits per heavy atom. The van der Waals surface area contributed by atoms with Crippen molar-refractivity contribution in [2.45, 2.75) is 32.7 Å². The molecule has 1 aliphatic heterocycles. The van der Waals surface area contributed by atoms with E-state index in [1.807, 2.05) is 37.3 Å². The van der Waals surface area contributed by atoms with Gasteiger partial charge >= 0.3 is 5.97 Å². The molecule has 8 nitrogen and oxygen atoms in total. The summed E-state index contributed by atoms with van der Waals surface area (Å²) in [6.07, 6.45) is 3.46. The lowest BCUT2D eigenvalue weighted by molar-refractivity contribution is -0.132. The highest BCUT2D eigenvalue weighted by atomic mass is 79.9. The van der Waals surface area contributed by atoms with Crippen molar-refractivity contribution >= 4 is 45.0 Å². The maximum Gasteiger partial charge on any atom is 0.308 e. The minimum absolute atomic E-state index is 0.146. The van der Waals surface area contributed by atoms with Crippen LogP contribution in [-0.2, 0) is 11.2 Å². The second-order valence-corrected chi connectivity index (χ2v) is 11.9. The Morgan fingerprint density at radius 1 is 1.07 bits per heavy atom. The molecule has 1 atom stereocenters. The lowest BCUT2D eigenvalue weighted by Gasteiger charge is -2.31. The number of allylic oxidation sites excluding steroid dienone is 1. The highest BCUT2D eigenvalue weighted by Gasteiger charge is 2.33. The third-order valence-corrected chi connectivity index (χ3v) is 9.04. The van der Waals surface area contributed by atoms with Crippen molar-refractivity contribution in [3.05, 3.63) is 107 Å². The Bertz CT molecular complexity index is 1980. The molecule has 43 heavy (non-hydrogen) atoms. The molecule has 0 radical (unpaired) electrons. The van der Waals surface area contributed by atoms with E-state index in [2.05, 4.69) is 34.1 Å². The summed E-state index contributed by atoms with van der Waals surface area (Å²) in [6.45, 7) is 3.57. The highest BCUT2D eigenvalue weighted by molar-refractivity contribution is 9.10. The standard InChI is InChI=1S/C33H29BrN2O6S/c1-5-41-27-15-19(14-24(34)31(27)42-18(2)37)16-28-32(38)36-30(21-11-13-25(39-3)26(17-21)40-4)23-12-10-20-8-6-7-9-22(20)29(23)35-33(36)43-28/h6-9,11,13-17,30H,5,10,12H2,1-4H3/b28-16-/t30-/m0/s1. The van der Waals surface area contributed by atoms with E-state index in [0.717, 1.165) is 35.2 Å². The van der Waals surface area contributed by atoms with Gasteiger partial charge in [0.2, 0.25) is 0 Å². The number of nitrogens with zero attached hydrogens (tertiary/aromatic N) is 2. The summed E-state index contributed by atoms with van der Waals surface area (Å²) in [5.74, 6) is 1.46. The van der Waals surface area contributed by atoms with Crippen molar-refractivity contribution < 1.29 is 23.7 Å². The molecule has 4 aromatic rings. The molecule has 0 N–H and O–H groups in total. The summed E-state index contributed by atoms with van der Waals surface area (Å²) in [4.78, 5) is 31.6. The van der Waals surface area contributed by atoms with Gasteiger partial charge in [-0.05, 0) is 88.3 Å². The first-order chi connectivity index (χ1) is 20.8. The van der Waals surface area contributed by atoms with Gasteiger partial charge in [0.15, 0.2) is 27.8 Å². The van der Waals surface area contributed by atoms with Crippen LogP contribution >= 0.6 is 27.3 Å². The molecule has 0 amide bonds. The molecule has 0 spiro atoms. The SMILES string of the molecule is CCOc1cc(/C=c2\sc3n(c2=O)[C@@H](c2ccc(OC)c(OC)c2)C2=C(N=3)c3ccccc3CC2)cc(Br)c1OC(C)=O. The van der Waals surface area contributed by atoms with Crippen molar-refractivity contribution in [1.82, 2.24) is 4.57 Å². The number of halogens is 1. The van der Waals surface area contributed by atoms with E-state index in [1.165, 1.54) is 23.8 Å². The molecule has 0 fully saturated rings. The van der Waals surface area contributed by atoms with Crippen LogP contribution in [0.1, 0.15) is 48.6 Å². The number of fused-ring (bicyclic) bond motifs is 3. The van der Waals surface area contributed by atoms with Gasteiger partial charge in [-0.1, -0.05) is 41.7 Å². The van der Waals surface area contributed by atoms with Crippen LogP contribution < -0.4 is 33.8 Å². The van der Waals surface area contributed by atoms with E-state index in [9.17, 15) is 9.59 Å². The van der Waals surface area contributed by atoms with E-state index in [0.29, 0.717) is 49.0 Å². The lowest BCUT2D eigenvalue weighted by Crippen LogP contribution is -2.38. The fourth-order valence-corrected chi connectivity index (χ4v) is 7.22. The number of aryl methyl sites for hydroxylation is 1. The smallest absolute Gasteiger partial charge is 0.308 e. The predicted molar refractivity (Wildman–Crippen MR) is 169 cm³/mol. The van der Waals surface area contributed by atoms with Crippen molar-refractivity contribution in [3.63, 3.8) is 0 Å². The van der Waals surface area contributed by atoms with Crippen molar-refractivity contribution in [2.24, 2.45) is 4.99 Å². The maximum absolute atomic E-state index is 14.2. The number of carbonyl (C=O) groups excluding carboxylic acids is 1. The minimum Gasteiger partial charge on any atom is -0.493 e. The van der Waals surface area contributed by atoms with Crippen molar-refractivity contribution in [3.8, 4) is 23.0 Å². The van der Waals surface area contributed by atoms with Crippen LogP contribution in [-0.4, -0.2) is 31.4 Å². The molecule has 1 aliphatic carbocycles. The van der Waals surface area contributed by atoms with Gasteiger partial charge in [0.05, 0.1) is 41.6 Å². The largest absolute Gasteiger partial charge is 0.493 e. The average molecular weight is 662 g/mol. The van der Waals surface area contributed by atoms with E-state index >= 15 is 0 Å². The number of methoxy groups -OCH3 is 2. The Kier molecular flexibility index (Phi) is 7.98. The molecule has 2 heterocycles. The summed E-state index contributed by atoms with van der Waals surface area (Å²) in [7, 11) is 3.21. The maximum atomic E-state index is 14.2. The van der Waals surface area contributed by atoms with Gasteiger partial charge in [0.25, 0.3) is 5.56 Å². The van der Waals surface area contributed by atoms with Crippen molar-refractivity contribution in [2.75, 3.05) is 20.8 Å². The normalized spacial score (nSPS) is 15.7. The van der Waals surface area contributed by atoms with Gasteiger partial charge in [-0.15, -0.1) is 0 Å². The molecule has 0 unspecified atom stereocenters. The highest BCUT2D eigenvalue weighted by Crippen LogP contribution is 2.43. The first-order valence-electron chi connectivity index (χ1n) is 13.8. The number of rotatable bonds is 7. The number of hydrogen-bond donors (Lipinski definition) is 0. The Morgan fingerprint density at radius 3 is 2.60 bits per heavy atom. The third-order valence-electron chi connectivity index (χ3n) is 7.47. The number of hydrogen-bond acceptors (Lipinski definition) is 8. The topological polar surface area (TPSA) is 88.3 Å². The summed E-state index contributed by atoms with van der Waals surface area (Å²) in [5.41, 5.74) is 5.84. The Labute approximate surface area is 260 Å². The molecule has 6 rings (SSSR count). The fraction of sp³-hybridized carbons (Fsp3) is 0.242. The number of ether oxygens (including phenoxy) is 4. The molecule has 220 valence electrons. The zero-order valence-corrected chi connectivity index (χ0v) is 26.5. The lowest BCUT2D eigenvalue weighted by atomic mass is 9.83. The van der Waals surface area contributed by atoms with Gasteiger partial charge in [-0.2, -0.15) is 0 Å². The van der Waals surface area contributed by atoms with Crippen LogP contribution in [0.25, 0.3) is 11.8 Å². The molecule has 2 aliphatic rings. The average Bonchev–Trinajstić information content (AvgIpc) is 3.31. The van der Waals surface area contributed by atoms with E-state index in [4.69, 9.17) is 23.9 Å². The number of esters is 1. The first kappa shape index (κ1) is 28.9. The Hall–Kier alpha value is -4.15. The number of aromatic nitrogens is 1. The van der Waals surface area contributed by atoms with Crippen LogP contribution in [0.4, 0.5) is 0 Å². The fourth-order valence-electron chi connectivity index (χ4n) is 5.67. The molecule has 0 saturated carbocycles. The second kappa shape index (κ2) is 11.9.